The molecule has 0 radical (unpaired) electrons. The molecule has 0 spiro atoms. The van der Waals surface area contributed by atoms with Gasteiger partial charge in [-0.2, -0.15) is 0 Å². The summed E-state index contributed by atoms with van der Waals surface area (Å²) >= 11 is 0. The van der Waals surface area contributed by atoms with Gasteiger partial charge in [-0.3, -0.25) is 14.9 Å². The molecule has 3 aromatic rings. The maximum absolute atomic E-state index is 11.0. The lowest BCUT2D eigenvalue weighted by molar-refractivity contribution is -0.384. The molecule has 0 aliphatic rings. The second-order valence-electron chi connectivity index (χ2n) is 7.44. The Hall–Kier alpha value is -3.46. The lowest BCUT2D eigenvalue weighted by Crippen LogP contribution is -2.04. The highest BCUT2D eigenvalue weighted by molar-refractivity contribution is 5.82. The number of nitrogens with zero attached hydrogens (tertiary/aromatic N) is 3. The molecule has 0 aliphatic carbocycles. The molecular formula is C23H27N3O6. The predicted molar refractivity (Wildman–Crippen MR) is 120 cm³/mol. The first-order valence-corrected chi connectivity index (χ1v) is 10.6. The van der Waals surface area contributed by atoms with Crippen LogP contribution in [0.3, 0.4) is 0 Å². The van der Waals surface area contributed by atoms with E-state index in [1.807, 2.05) is 18.2 Å². The molecule has 0 unspecified atom stereocenters. The van der Waals surface area contributed by atoms with Gasteiger partial charge in [0.05, 0.1) is 22.6 Å². The number of unbranched alkanes of at least 4 members (excludes halogenated alkanes) is 2. The number of benzene rings is 2. The van der Waals surface area contributed by atoms with Crippen LogP contribution in [0.4, 0.5) is 5.69 Å². The van der Waals surface area contributed by atoms with Crippen LogP contribution in [-0.2, 0) is 16.1 Å². The number of nitro benzene ring substituents is 1. The molecular weight excluding hydrogens is 414 g/mol. The second kappa shape index (κ2) is 11.2. The molecule has 2 aromatic carbocycles. The number of rotatable bonds is 13. The number of non-ortho nitro benzene ring substituents is 1. The van der Waals surface area contributed by atoms with Gasteiger partial charge in [0.25, 0.3) is 5.69 Å². The van der Waals surface area contributed by atoms with E-state index < -0.39 is 10.9 Å². The highest BCUT2D eigenvalue weighted by atomic mass is 16.6. The second-order valence-corrected chi connectivity index (χ2v) is 7.44. The van der Waals surface area contributed by atoms with Crippen molar-refractivity contribution in [2.75, 3.05) is 20.3 Å². The van der Waals surface area contributed by atoms with Gasteiger partial charge < -0.3 is 19.1 Å². The molecule has 0 fully saturated rings. The van der Waals surface area contributed by atoms with Crippen molar-refractivity contribution in [3.8, 4) is 17.1 Å². The molecule has 9 nitrogen and oxygen atoms in total. The number of carboxylic acids is 1. The molecule has 170 valence electrons. The normalized spacial score (nSPS) is 11.0. The summed E-state index contributed by atoms with van der Waals surface area (Å²) in [4.78, 5) is 25.9. The summed E-state index contributed by atoms with van der Waals surface area (Å²) in [5, 5.41) is 19.7. The molecule has 0 aliphatic heterocycles. The largest absolute Gasteiger partial charge is 0.494 e. The van der Waals surface area contributed by atoms with Gasteiger partial charge in [-0.15, -0.1) is 0 Å². The van der Waals surface area contributed by atoms with Crippen molar-refractivity contribution in [1.29, 1.82) is 0 Å². The van der Waals surface area contributed by atoms with Gasteiger partial charge in [0, 0.05) is 50.4 Å². The summed E-state index contributed by atoms with van der Waals surface area (Å²) in [5.41, 5.74) is 2.56. The summed E-state index contributed by atoms with van der Waals surface area (Å²) in [7, 11) is 1.66. The van der Waals surface area contributed by atoms with Crippen molar-refractivity contribution in [2.45, 2.75) is 38.6 Å². The average Bonchev–Trinajstić information content (AvgIpc) is 3.14. The molecule has 0 amide bonds. The SMILES string of the molecule is COCCCn1c(-c2ccc([N+](=O)[O-])cc2)nc2ccc(OCCCCCC(=O)O)cc21. The number of carboxylic acid groups (broad SMARTS) is 1. The van der Waals surface area contributed by atoms with Crippen LogP contribution in [0.1, 0.15) is 32.1 Å². The van der Waals surface area contributed by atoms with Gasteiger partial charge in [-0.05, 0) is 49.9 Å². The fraction of sp³-hybridized carbons (Fsp3) is 0.391. The fourth-order valence-electron chi connectivity index (χ4n) is 3.48. The van der Waals surface area contributed by atoms with E-state index in [0.29, 0.717) is 26.2 Å². The molecule has 32 heavy (non-hydrogen) atoms. The highest BCUT2D eigenvalue weighted by Gasteiger charge is 2.15. The standard InChI is InChI=1S/C23H27N3O6/c1-31-14-5-13-25-21-16-19(32-15-4-2-3-6-22(27)28)11-12-20(21)24-23(25)17-7-9-18(10-8-17)26(29)30/h7-12,16H,2-6,13-15H2,1H3,(H,27,28). The van der Waals surface area contributed by atoms with Crippen LogP contribution in [0.25, 0.3) is 22.4 Å². The van der Waals surface area contributed by atoms with E-state index >= 15 is 0 Å². The van der Waals surface area contributed by atoms with Crippen LogP contribution >= 0.6 is 0 Å². The number of hydrogen-bond acceptors (Lipinski definition) is 6. The zero-order valence-corrected chi connectivity index (χ0v) is 18.0. The monoisotopic (exact) mass is 441 g/mol. The number of fused-ring (bicyclic) bond motifs is 1. The minimum Gasteiger partial charge on any atom is -0.494 e. The van der Waals surface area contributed by atoms with E-state index in [9.17, 15) is 14.9 Å². The Labute approximate surface area is 185 Å². The first-order chi connectivity index (χ1) is 15.5. The van der Waals surface area contributed by atoms with Crippen molar-refractivity contribution in [1.82, 2.24) is 9.55 Å². The van der Waals surface area contributed by atoms with Crippen LogP contribution in [0.2, 0.25) is 0 Å². The zero-order chi connectivity index (χ0) is 22.9. The molecule has 0 saturated heterocycles. The number of hydrogen-bond donors (Lipinski definition) is 1. The van der Waals surface area contributed by atoms with E-state index in [4.69, 9.17) is 19.6 Å². The van der Waals surface area contributed by atoms with Gasteiger partial charge in [-0.1, -0.05) is 0 Å². The van der Waals surface area contributed by atoms with Crippen molar-refractivity contribution < 1.29 is 24.3 Å². The van der Waals surface area contributed by atoms with E-state index in [2.05, 4.69) is 4.57 Å². The molecule has 0 bridgehead atoms. The van der Waals surface area contributed by atoms with Crippen molar-refractivity contribution in [3.63, 3.8) is 0 Å². The van der Waals surface area contributed by atoms with Gasteiger partial charge in [0.1, 0.15) is 11.6 Å². The Morgan fingerprint density at radius 3 is 2.56 bits per heavy atom. The molecule has 0 saturated carbocycles. The Bertz CT molecular complexity index is 1060. The first-order valence-electron chi connectivity index (χ1n) is 10.6. The molecule has 1 aromatic heterocycles. The van der Waals surface area contributed by atoms with E-state index in [-0.39, 0.29) is 12.1 Å². The molecule has 9 heteroatoms. The number of carbonyl (C=O) groups is 1. The number of aromatic nitrogens is 2. The summed E-state index contributed by atoms with van der Waals surface area (Å²) in [6.45, 7) is 1.79. The number of methoxy groups -OCH3 is 1. The molecule has 0 atom stereocenters. The topological polar surface area (TPSA) is 117 Å². The lowest BCUT2D eigenvalue weighted by Gasteiger charge is -2.10. The molecule has 1 N–H and O–H groups in total. The van der Waals surface area contributed by atoms with Crippen LogP contribution < -0.4 is 4.74 Å². The summed E-state index contributed by atoms with van der Waals surface area (Å²) in [5.74, 6) is 0.678. The predicted octanol–water partition coefficient (Wildman–Crippen LogP) is 4.67. The van der Waals surface area contributed by atoms with E-state index in [1.165, 1.54) is 12.1 Å². The van der Waals surface area contributed by atoms with Gasteiger partial charge in [-0.25, -0.2) is 4.98 Å². The van der Waals surface area contributed by atoms with Crippen molar-refractivity contribution >= 4 is 22.7 Å². The number of aliphatic carboxylic acids is 1. The van der Waals surface area contributed by atoms with E-state index in [1.54, 1.807) is 19.2 Å². The zero-order valence-electron chi connectivity index (χ0n) is 18.0. The Kier molecular flexibility index (Phi) is 8.15. The molecule has 1 heterocycles. The average molecular weight is 441 g/mol. The number of aryl methyl sites for hydroxylation is 1. The molecule has 3 rings (SSSR count). The smallest absolute Gasteiger partial charge is 0.303 e. The Morgan fingerprint density at radius 1 is 1.09 bits per heavy atom. The van der Waals surface area contributed by atoms with E-state index in [0.717, 1.165) is 47.4 Å². The van der Waals surface area contributed by atoms with Gasteiger partial charge in [0.2, 0.25) is 0 Å². The fourth-order valence-corrected chi connectivity index (χ4v) is 3.48. The van der Waals surface area contributed by atoms with Crippen LogP contribution in [0, 0.1) is 10.1 Å². The van der Waals surface area contributed by atoms with Crippen LogP contribution in [0.15, 0.2) is 42.5 Å². The Balaban J connectivity index is 1.80. The first kappa shape index (κ1) is 23.2. The number of nitro groups is 1. The van der Waals surface area contributed by atoms with Crippen molar-refractivity contribution in [3.05, 3.63) is 52.6 Å². The minimum atomic E-state index is -0.776. The summed E-state index contributed by atoms with van der Waals surface area (Å²) in [6, 6.07) is 12.1. The van der Waals surface area contributed by atoms with Gasteiger partial charge >= 0.3 is 5.97 Å². The maximum atomic E-state index is 11.0. The van der Waals surface area contributed by atoms with Crippen LogP contribution in [-0.4, -0.2) is 45.9 Å². The minimum absolute atomic E-state index is 0.0369. The number of ether oxygens (including phenoxy) is 2. The van der Waals surface area contributed by atoms with Gasteiger partial charge in [0.15, 0.2) is 0 Å². The third-order valence-corrected chi connectivity index (χ3v) is 5.09. The summed E-state index contributed by atoms with van der Waals surface area (Å²) < 4.78 is 13.1. The Morgan fingerprint density at radius 2 is 1.88 bits per heavy atom. The maximum Gasteiger partial charge on any atom is 0.303 e. The lowest BCUT2D eigenvalue weighted by atomic mass is 10.2. The van der Waals surface area contributed by atoms with Crippen molar-refractivity contribution in [2.24, 2.45) is 0 Å². The number of imidazole rings is 1. The third kappa shape index (κ3) is 6.04. The highest BCUT2D eigenvalue weighted by Crippen LogP contribution is 2.29. The van der Waals surface area contributed by atoms with Crippen LogP contribution in [0.5, 0.6) is 5.75 Å². The quantitative estimate of drug-likeness (QED) is 0.233. The summed E-state index contributed by atoms with van der Waals surface area (Å²) in [6.07, 6.45) is 3.19. The third-order valence-electron chi connectivity index (χ3n) is 5.09.